The van der Waals surface area contributed by atoms with Crippen LogP contribution >= 0.6 is 35.3 Å². The molecule has 1 aromatic heterocycles. The van der Waals surface area contributed by atoms with E-state index in [1.165, 1.54) is 4.88 Å². The number of aliphatic imine (C=N–C) groups is 1. The molecule has 1 aromatic carbocycles. The predicted octanol–water partition coefficient (Wildman–Crippen LogP) is 3.33. The summed E-state index contributed by atoms with van der Waals surface area (Å²) < 4.78 is 0. The molecule has 0 bridgehead atoms. The van der Waals surface area contributed by atoms with Crippen molar-refractivity contribution < 1.29 is 5.11 Å². The van der Waals surface area contributed by atoms with E-state index in [-0.39, 0.29) is 29.7 Å². The van der Waals surface area contributed by atoms with Crippen molar-refractivity contribution in [3.63, 3.8) is 0 Å². The van der Waals surface area contributed by atoms with Gasteiger partial charge in [0.2, 0.25) is 0 Å². The molecule has 3 N–H and O–H groups in total. The van der Waals surface area contributed by atoms with E-state index in [0.717, 1.165) is 42.5 Å². The lowest BCUT2D eigenvalue weighted by Gasteiger charge is -2.10. The average molecular weight is 460 g/mol. The van der Waals surface area contributed by atoms with Gasteiger partial charge in [0.25, 0.3) is 0 Å². The normalized spacial score (nSPS) is 11.0. The lowest BCUT2D eigenvalue weighted by Crippen LogP contribution is -2.38. The highest BCUT2D eigenvalue weighted by atomic mass is 127. The maximum absolute atomic E-state index is 9.49. The molecule has 2 rings (SSSR count). The van der Waals surface area contributed by atoms with Crippen LogP contribution in [0, 0.1) is 0 Å². The van der Waals surface area contributed by atoms with Gasteiger partial charge in [-0.05, 0) is 31.0 Å². The van der Waals surface area contributed by atoms with Gasteiger partial charge in [0, 0.05) is 30.6 Å². The van der Waals surface area contributed by atoms with E-state index in [4.69, 9.17) is 0 Å². The second-order valence-corrected chi connectivity index (χ2v) is 6.32. The fraction of sp³-hybridized carbons (Fsp3) is 0.412. The SMILES string of the molecule is CCNC(=NCc1cccc(O)c1)NCCc1ncc(CC)s1.I. The number of nitrogens with one attached hydrogen (secondary N) is 2. The molecule has 5 nitrogen and oxygen atoms in total. The van der Waals surface area contributed by atoms with E-state index in [9.17, 15) is 5.11 Å². The molecule has 0 aliphatic carbocycles. The standard InChI is InChI=1S/C17H24N4OS.HI/c1-3-15-12-20-16(23-15)8-9-19-17(18-4-2)21-11-13-6-5-7-14(22)10-13;/h5-7,10,12,22H,3-4,8-9,11H2,1-2H3,(H2,18,19,21);1H. The number of hydrogen-bond donors (Lipinski definition) is 3. The van der Waals surface area contributed by atoms with Crippen LogP contribution in [0.4, 0.5) is 0 Å². The fourth-order valence-electron chi connectivity index (χ4n) is 2.08. The predicted molar refractivity (Wildman–Crippen MR) is 112 cm³/mol. The molecule has 0 spiro atoms. The molecule has 2 aromatic rings. The monoisotopic (exact) mass is 460 g/mol. The van der Waals surface area contributed by atoms with Gasteiger partial charge in [0.05, 0.1) is 11.6 Å². The first-order chi connectivity index (χ1) is 11.2. The Morgan fingerprint density at radius 1 is 1.29 bits per heavy atom. The fourth-order valence-corrected chi connectivity index (χ4v) is 2.94. The van der Waals surface area contributed by atoms with Crippen LogP contribution in [-0.4, -0.2) is 29.1 Å². The third kappa shape index (κ3) is 7.04. The smallest absolute Gasteiger partial charge is 0.191 e. The van der Waals surface area contributed by atoms with Crippen LogP contribution < -0.4 is 10.6 Å². The Morgan fingerprint density at radius 2 is 2.12 bits per heavy atom. The zero-order chi connectivity index (χ0) is 16.5. The number of hydrogen-bond acceptors (Lipinski definition) is 4. The Kier molecular flexibility index (Phi) is 9.70. The third-order valence-electron chi connectivity index (χ3n) is 3.26. The van der Waals surface area contributed by atoms with E-state index < -0.39 is 0 Å². The maximum atomic E-state index is 9.49. The van der Waals surface area contributed by atoms with Crippen LogP contribution in [0.2, 0.25) is 0 Å². The number of benzene rings is 1. The highest BCUT2D eigenvalue weighted by molar-refractivity contribution is 14.0. The zero-order valence-corrected chi connectivity index (χ0v) is 17.2. The molecule has 0 atom stereocenters. The summed E-state index contributed by atoms with van der Waals surface area (Å²) in [6.45, 7) is 6.32. The van der Waals surface area contributed by atoms with Crippen molar-refractivity contribution in [1.82, 2.24) is 15.6 Å². The largest absolute Gasteiger partial charge is 0.508 e. The Bertz CT molecular complexity index is 645. The number of aryl methyl sites for hydroxylation is 1. The number of guanidine groups is 1. The first-order valence-corrected chi connectivity index (χ1v) is 8.76. The summed E-state index contributed by atoms with van der Waals surface area (Å²) in [7, 11) is 0. The van der Waals surface area contributed by atoms with Crippen LogP contribution in [0.1, 0.15) is 29.3 Å². The van der Waals surface area contributed by atoms with E-state index in [1.54, 1.807) is 23.5 Å². The van der Waals surface area contributed by atoms with Crippen LogP contribution in [0.15, 0.2) is 35.5 Å². The van der Waals surface area contributed by atoms with Gasteiger partial charge in [-0.15, -0.1) is 35.3 Å². The molecular formula is C17H25IN4OS. The number of halogens is 1. The minimum Gasteiger partial charge on any atom is -0.508 e. The molecule has 0 aliphatic heterocycles. The van der Waals surface area contributed by atoms with Gasteiger partial charge in [-0.2, -0.15) is 0 Å². The van der Waals surface area contributed by atoms with Gasteiger partial charge in [0.15, 0.2) is 5.96 Å². The molecule has 0 saturated heterocycles. The minimum atomic E-state index is 0. The topological polar surface area (TPSA) is 69.5 Å². The zero-order valence-electron chi connectivity index (χ0n) is 14.1. The lowest BCUT2D eigenvalue weighted by molar-refractivity contribution is 0.474. The second-order valence-electron chi connectivity index (χ2n) is 5.12. The molecular weight excluding hydrogens is 435 g/mol. The Balaban J connectivity index is 0.00000288. The quantitative estimate of drug-likeness (QED) is 0.337. The Hall–Kier alpha value is -1.35. The van der Waals surface area contributed by atoms with Gasteiger partial charge in [-0.25, -0.2) is 9.98 Å². The van der Waals surface area contributed by atoms with Crippen LogP contribution in [-0.2, 0) is 19.4 Å². The molecule has 132 valence electrons. The van der Waals surface area contributed by atoms with Gasteiger partial charge >= 0.3 is 0 Å². The molecule has 0 saturated carbocycles. The number of nitrogens with zero attached hydrogens (tertiary/aromatic N) is 2. The third-order valence-corrected chi connectivity index (χ3v) is 4.46. The maximum Gasteiger partial charge on any atom is 0.191 e. The van der Waals surface area contributed by atoms with Gasteiger partial charge in [0.1, 0.15) is 5.75 Å². The summed E-state index contributed by atoms with van der Waals surface area (Å²) in [5.74, 6) is 1.05. The summed E-state index contributed by atoms with van der Waals surface area (Å²) in [6, 6.07) is 7.17. The second kappa shape index (κ2) is 11.2. The van der Waals surface area contributed by atoms with Crippen molar-refractivity contribution >= 4 is 41.3 Å². The number of rotatable bonds is 7. The minimum absolute atomic E-state index is 0. The Morgan fingerprint density at radius 3 is 2.79 bits per heavy atom. The van der Waals surface area contributed by atoms with Crippen molar-refractivity contribution in [2.75, 3.05) is 13.1 Å². The van der Waals surface area contributed by atoms with Gasteiger partial charge < -0.3 is 15.7 Å². The summed E-state index contributed by atoms with van der Waals surface area (Å²) >= 11 is 1.77. The number of thiazole rings is 1. The molecule has 0 radical (unpaired) electrons. The van der Waals surface area contributed by atoms with Crippen LogP contribution in [0.3, 0.4) is 0 Å². The van der Waals surface area contributed by atoms with Crippen molar-refractivity contribution in [1.29, 1.82) is 0 Å². The van der Waals surface area contributed by atoms with Gasteiger partial charge in [-0.1, -0.05) is 19.1 Å². The molecule has 7 heteroatoms. The number of phenolic OH excluding ortho intramolecular Hbond substituents is 1. The van der Waals surface area contributed by atoms with Crippen molar-refractivity contribution in [3.8, 4) is 5.75 Å². The van der Waals surface area contributed by atoms with Crippen LogP contribution in [0.5, 0.6) is 5.75 Å². The highest BCUT2D eigenvalue weighted by Gasteiger charge is 2.02. The molecule has 0 amide bonds. The average Bonchev–Trinajstić information content (AvgIpc) is 3.01. The summed E-state index contributed by atoms with van der Waals surface area (Å²) in [4.78, 5) is 10.3. The summed E-state index contributed by atoms with van der Waals surface area (Å²) in [5, 5.41) is 17.2. The van der Waals surface area contributed by atoms with Crippen LogP contribution in [0.25, 0.3) is 0 Å². The van der Waals surface area contributed by atoms with Gasteiger partial charge in [-0.3, -0.25) is 0 Å². The number of phenols is 1. The molecule has 1 heterocycles. The first-order valence-electron chi connectivity index (χ1n) is 7.95. The summed E-state index contributed by atoms with van der Waals surface area (Å²) in [6.07, 6.45) is 3.89. The highest BCUT2D eigenvalue weighted by Crippen LogP contribution is 2.13. The lowest BCUT2D eigenvalue weighted by atomic mass is 10.2. The molecule has 24 heavy (non-hydrogen) atoms. The van der Waals surface area contributed by atoms with Crippen molar-refractivity contribution in [2.24, 2.45) is 4.99 Å². The van der Waals surface area contributed by atoms with Crippen molar-refractivity contribution in [3.05, 3.63) is 45.9 Å². The Labute approximate surface area is 164 Å². The number of aromatic hydroxyl groups is 1. The molecule has 0 aliphatic rings. The molecule has 0 unspecified atom stereocenters. The van der Waals surface area contributed by atoms with E-state index >= 15 is 0 Å². The number of aromatic nitrogens is 1. The summed E-state index contributed by atoms with van der Waals surface area (Å²) in [5.41, 5.74) is 0.981. The first kappa shape index (κ1) is 20.7. The van der Waals surface area contributed by atoms with Crippen molar-refractivity contribution in [2.45, 2.75) is 33.2 Å². The van der Waals surface area contributed by atoms with E-state index in [1.807, 2.05) is 25.3 Å². The van der Waals surface area contributed by atoms with E-state index in [2.05, 4.69) is 27.5 Å². The molecule has 0 fully saturated rings. The van der Waals surface area contributed by atoms with E-state index in [0.29, 0.717) is 6.54 Å².